The molecule has 0 saturated heterocycles. The number of hydrogen-bond donors (Lipinski definition) is 1. The van der Waals surface area contributed by atoms with Crippen molar-refractivity contribution in [2.24, 2.45) is 5.73 Å². The van der Waals surface area contributed by atoms with E-state index in [1.165, 1.54) is 0 Å². The van der Waals surface area contributed by atoms with Gasteiger partial charge >= 0.3 is 0 Å². The zero-order chi connectivity index (χ0) is 14.7. The Balaban J connectivity index is 1.70. The van der Waals surface area contributed by atoms with Crippen LogP contribution in [0.5, 0.6) is 5.75 Å². The molecule has 1 unspecified atom stereocenters. The fraction of sp³-hybridized carbons (Fsp3) is 0.429. The molecule has 112 valence electrons. The molecule has 2 N–H and O–H groups in total. The van der Waals surface area contributed by atoms with Gasteiger partial charge in [0, 0.05) is 10.6 Å². The van der Waals surface area contributed by atoms with Gasteiger partial charge in [0.05, 0.1) is 6.04 Å². The fourth-order valence-electron chi connectivity index (χ4n) is 2.04. The van der Waals surface area contributed by atoms with E-state index in [0.29, 0.717) is 11.7 Å². The van der Waals surface area contributed by atoms with E-state index in [-0.39, 0.29) is 12.1 Å². The molecule has 0 amide bonds. The molecule has 3 rings (SSSR count). The van der Waals surface area contributed by atoms with Crippen molar-refractivity contribution in [1.82, 2.24) is 10.1 Å². The number of nitrogens with zero attached hydrogens (tertiary/aromatic N) is 2. The molecule has 1 aromatic carbocycles. The summed E-state index contributed by atoms with van der Waals surface area (Å²) >= 11 is 3.50. The lowest BCUT2D eigenvalue weighted by atomic mass is 10.2. The predicted octanol–water partition coefficient (Wildman–Crippen LogP) is 3.05. The molecule has 0 aliphatic carbocycles. The van der Waals surface area contributed by atoms with E-state index in [9.17, 15) is 0 Å². The van der Waals surface area contributed by atoms with E-state index in [4.69, 9.17) is 15.0 Å². The van der Waals surface area contributed by atoms with Gasteiger partial charge in [-0.25, -0.2) is 0 Å². The van der Waals surface area contributed by atoms with Crippen molar-refractivity contribution >= 4 is 23.5 Å². The van der Waals surface area contributed by atoms with Crippen molar-refractivity contribution in [1.29, 1.82) is 0 Å². The van der Waals surface area contributed by atoms with Gasteiger partial charge in [0.15, 0.2) is 6.10 Å². The summed E-state index contributed by atoms with van der Waals surface area (Å²) in [6.07, 6.45) is 2.69. The van der Waals surface area contributed by atoms with Crippen LogP contribution in [-0.2, 0) is 0 Å². The molecule has 1 aromatic heterocycles. The van der Waals surface area contributed by atoms with Crippen molar-refractivity contribution < 1.29 is 9.26 Å². The maximum atomic E-state index is 6.04. The maximum absolute atomic E-state index is 6.04. The highest BCUT2D eigenvalue weighted by atomic mass is 32.2. The first-order valence-electron chi connectivity index (χ1n) is 6.74. The normalized spacial score (nSPS) is 18.9. The number of hydrogen-bond acceptors (Lipinski definition) is 7. The topological polar surface area (TPSA) is 74.2 Å². The Morgan fingerprint density at radius 1 is 1.48 bits per heavy atom. The molecule has 1 aliphatic heterocycles. The zero-order valence-electron chi connectivity index (χ0n) is 11.7. The molecule has 2 atom stereocenters. The van der Waals surface area contributed by atoms with Gasteiger partial charge in [-0.3, -0.25) is 0 Å². The van der Waals surface area contributed by atoms with Crippen LogP contribution in [0.2, 0.25) is 0 Å². The number of fused-ring (bicyclic) bond motifs is 1. The predicted molar refractivity (Wildman–Crippen MR) is 84.8 cm³/mol. The van der Waals surface area contributed by atoms with Crippen molar-refractivity contribution in [3.63, 3.8) is 0 Å². The first-order valence-corrected chi connectivity index (χ1v) is 9.12. The SMILES string of the molecule is CSCC[C@@H](N)c1nc(C2CSc3ccccc3O2)no1. The summed E-state index contributed by atoms with van der Waals surface area (Å²) in [5.74, 6) is 3.69. The van der Waals surface area contributed by atoms with Crippen LogP contribution in [0.15, 0.2) is 33.7 Å². The van der Waals surface area contributed by atoms with Crippen LogP contribution in [0.25, 0.3) is 0 Å². The molecule has 2 heterocycles. The minimum atomic E-state index is -0.206. The molecule has 0 saturated carbocycles. The van der Waals surface area contributed by atoms with E-state index in [1.54, 1.807) is 23.5 Å². The Bertz CT molecular complexity index is 605. The summed E-state index contributed by atoms with van der Waals surface area (Å²) in [7, 11) is 0. The summed E-state index contributed by atoms with van der Waals surface area (Å²) < 4.78 is 11.2. The lowest BCUT2D eigenvalue weighted by molar-refractivity contribution is 0.205. The van der Waals surface area contributed by atoms with Crippen molar-refractivity contribution in [2.75, 3.05) is 17.8 Å². The van der Waals surface area contributed by atoms with Crippen molar-refractivity contribution in [2.45, 2.75) is 23.5 Å². The van der Waals surface area contributed by atoms with E-state index < -0.39 is 0 Å². The van der Waals surface area contributed by atoms with Crippen LogP contribution < -0.4 is 10.5 Å². The molecule has 0 radical (unpaired) electrons. The summed E-state index contributed by atoms with van der Waals surface area (Å²) in [5.41, 5.74) is 6.04. The fourth-order valence-corrected chi connectivity index (χ4v) is 3.51. The minimum absolute atomic E-state index is 0.185. The molecular weight excluding hydrogens is 306 g/mol. The van der Waals surface area contributed by atoms with Gasteiger partial charge < -0.3 is 15.0 Å². The van der Waals surface area contributed by atoms with Crippen molar-refractivity contribution in [3.8, 4) is 5.75 Å². The number of nitrogens with two attached hydrogens (primary N) is 1. The van der Waals surface area contributed by atoms with Crippen molar-refractivity contribution in [3.05, 3.63) is 36.0 Å². The van der Waals surface area contributed by atoms with Gasteiger partial charge in [-0.2, -0.15) is 16.7 Å². The third-order valence-electron chi connectivity index (χ3n) is 3.20. The lowest BCUT2D eigenvalue weighted by Gasteiger charge is -2.22. The second-order valence-corrected chi connectivity index (χ2v) is 6.79. The first-order chi connectivity index (χ1) is 10.3. The van der Waals surface area contributed by atoms with Crippen LogP contribution >= 0.6 is 23.5 Å². The zero-order valence-corrected chi connectivity index (χ0v) is 13.3. The molecule has 0 bridgehead atoms. The molecule has 0 fully saturated rings. The second kappa shape index (κ2) is 6.72. The second-order valence-electron chi connectivity index (χ2n) is 4.74. The summed E-state index contributed by atoms with van der Waals surface area (Å²) in [6.45, 7) is 0. The Morgan fingerprint density at radius 3 is 3.19 bits per heavy atom. The molecule has 21 heavy (non-hydrogen) atoms. The third-order valence-corrected chi connectivity index (χ3v) is 4.97. The van der Waals surface area contributed by atoms with Crippen LogP contribution in [0.1, 0.15) is 30.3 Å². The Hall–Kier alpha value is -1.18. The molecule has 1 aliphatic rings. The average molecular weight is 323 g/mol. The lowest BCUT2D eigenvalue weighted by Crippen LogP contribution is -2.17. The Kier molecular flexibility index (Phi) is 4.72. The third kappa shape index (κ3) is 3.36. The number of thioether (sulfide) groups is 2. The summed E-state index contributed by atoms with van der Waals surface area (Å²) in [4.78, 5) is 5.56. The molecular formula is C14H17N3O2S2. The number of para-hydroxylation sites is 1. The summed E-state index contributed by atoms with van der Waals surface area (Å²) in [5, 5.41) is 4.03. The number of aromatic nitrogens is 2. The van der Waals surface area contributed by atoms with Gasteiger partial charge in [-0.05, 0) is 30.6 Å². The number of benzene rings is 1. The van der Waals surface area contributed by atoms with E-state index in [2.05, 4.69) is 22.5 Å². The van der Waals surface area contributed by atoms with Gasteiger partial charge in [-0.1, -0.05) is 17.3 Å². The van der Waals surface area contributed by atoms with Crippen LogP contribution in [0.4, 0.5) is 0 Å². The quantitative estimate of drug-likeness (QED) is 0.906. The summed E-state index contributed by atoms with van der Waals surface area (Å²) in [6, 6.07) is 7.77. The van der Waals surface area contributed by atoms with E-state index >= 15 is 0 Å². The minimum Gasteiger partial charge on any atom is -0.480 e. The highest BCUT2D eigenvalue weighted by Gasteiger charge is 2.27. The maximum Gasteiger partial charge on any atom is 0.243 e. The molecule has 0 spiro atoms. The van der Waals surface area contributed by atoms with Crippen LogP contribution in [0.3, 0.4) is 0 Å². The number of rotatable bonds is 5. The van der Waals surface area contributed by atoms with Crippen LogP contribution in [0, 0.1) is 0 Å². The van der Waals surface area contributed by atoms with E-state index in [0.717, 1.165) is 28.6 Å². The van der Waals surface area contributed by atoms with Gasteiger partial charge in [0.25, 0.3) is 0 Å². The van der Waals surface area contributed by atoms with Gasteiger partial charge in [-0.15, -0.1) is 11.8 Å². The monoisotopic (exact) mass is 323 g/mol. The average Bonchev–Trinajstić information content (AvgIpc) is 3.02. The smallest absolute Gasteiger partial charge is 0.243 e. The highest BCUT2D eigenvalue weighted by Crippen LogP contribution is 2.39. The standard InChI is InChI=1S/C14H17N3O2S2/c1-20-7-6-9(15)14-16-13(17-19-14)11-8-21-12-5-3-2-4-10(12)18-11/h2-5,9,11H,6-8,15H2,1H3/t9-,11?/m1/s1. The Morgan fingerprint density at radius 2 is 2.33 bits per heavy atom. The highest BCUT2D eigenvalue weighted by molar-refractivity contribution is 7.99. The van der Waals surface area contributed by atoms with Gasteiger partial charge in [0.1, 0.15) is 5.75 Å². The largest absolute Gasteiger partial charge is 0.480 e. The molecule has 5 nitrogen and oxygen atoms in total. The van der Waals surface area contributed by atoms with Crippen LogP contribution in [-0.4, -0.2) is 27.9 Å². The molecule has 2 aromatic rings. The van der Waals surface area contributed by atoms with Gasteiger partial charge in [0.2, 0.25) is 11.7 Å². The van der Waals surface area contributed by atoms with E-state index in [1.807, 2.05) is 18.2 Å². The first kappa shape index (κ1) is 14.7. The number of ether oxygens (including phenoxy) is 1. The Labute approximate surface area is 132 Å². The molecule has 7 heteroatoms.